The van der Waals surface area contributed by atoms with E-state index in [9.17, 15) is 9.90 Å². The normalized spacial score (nSPS) is 20.8. The van der Waals surface area contributed by atoms with Crippen molar-refractivity contribution in [3.05, 3.63) is 29.3 Å². The van der Waals surface area contributed by atoms with E-state index in [0.29, 0.717) is 13.0 Å². The van der Waals surface area contributed by atoms with Gasteiger partial charge >= 0.3 is 6.03 Å². The first-order chi connectivity index (χ1) is 12.2. The van der Waals surface area contributed by atoms with Crippen LogP contribution in [-0.2, 0) is 6.54 Å². The second kappa shape index (κ2) is 8.56. The summed E-state index contributed by atoms with van der Waals surface area (Å²) >= 11 is 0. The molecule has 2 saturated heterocycles. The number of nitrogens with zero attached hydrogens (tertiary/aromatic N) is 2. The van der Waals surface area contributed by atoms with E-state index >= 15 is 0 Å². The van der Waals surface area contributed by atoms with Crippen molar-refractivity contribution in [1.82, 2.24) is 10.2 Å². The number of aliphatic hydroxyl groups excluding tert-OH is 1. The number of aryl methyl sites for hydroxylation is 1. The van der Waals surface area contributed by atoms with Crippen LogP contribution in [-0.4, -0.2) is 48.3 Å². The molecule has 5 heteroatoms. The molecule has 25 heavy (non-hydrogen) atoms. The summed E-state index contributed by atoms with van der Waals surface area (Å²) in [6.45, 7) is 5.83. The highest BCUT2D eigenvalue weighted by Gasteiger charge is 2.26. The molecule has 0 saturated carbocycles. The molecule has 2 heterocycles. The van der Waals surface area contributed by atoms with E-state index in [1.54, 1.807) is 0 Å². The molecule has 1 atom stereocenters. The zero-order valence-electron chi connectivity index (χ0n) is 15.3. The second-order valence-corrected chi connectivity index (χ2v) is 7.34. The van der Waals surface area contributed by atoms with Crippen molar-refractivity contribution in [2.75, 3.05) is 31.1 Å². The first kappa shape index (κ1) is 18.1. The van der Waals surface area contributed by atoms with Crippen LogP contribution in [0.1, 0.15) is 49.7 Å². The number of likely N-dealkylation sites (tertiary alicyclic amines) is 1. The molecule has 2 N–H and O–H groups in total. The standard InChI is InChI=1S/C20H31N3O2/c1-16-7-8-17(19(14-16)22-10-4-5-11-22)15-21-20(25)23-12-3-2-6-18(23)9-13-24/h7-8,14,18,24H,2-6,9-13,15H2,1H3,(H,21,25). The van der Waals surface area contributed by atoms with Crippen molar-refractivity contribution in [2.45, 2.75) is 58.0 Å². The lowest BCUT2D eigenvalue weighted by molar-refractivity contribution is 0.131. The second-order valence-electron chi connectivity index (χ2n) is 7.34. The third-order valence-corrected chi connectivity index (χ3v) is 5.47. The molecule has 0 radical (unpaired) electrons. The highest BCUT2D eigenvalue weighted by molar-refractivity contribution is 5.75. The fourth-order valence-corrected chi connectivity index (χ4v) is 4.07. The van der Waals surface area contributed by atoms with E-state index in [0.717, 1.165) is 38.9 Å². The summed E-state index contributed by atoms with van der Waals surface area (Å²) in [4.78, 5) is 17.0. The lowest BCUT2D eigenvalue weighted by Gasteiger charge is -2.35. The quantitative estimate of drug-likeness (QED) is 0.862. The summed E-state index contributed by atoms with van der Waals surface area (Å²) in [5, 5.41) is 12.4. The number of amides is 2. The summed E-state index contributed by atoms with van der Waals surface area (Å²) in [7, 11) is 0. The lowest BCUT2D eigenvalue weighted by Crippen LogP contribution is -2.48. The van der Waals surface area contributed by atoms with E-state index < -0.39 is 0 Å². The number of benzene rings is 1. The number of carbonyl (C=O) groups excluding carboxylic acids is 1. The topological polar surface area (TPSA) is 55.8 Å². The number of hydrogen-bond donors (Lipinski definition) is 2. The summed E-state index contributed by atoms with van der Waals surface area (Å²) < 4.78 is 0. The molecule has 0 spiro atoms. The molecule has 1 aromatic carbocycles. The van der Waals surface area contributed by atoms with Crippen LogP contribution in [0.4, 0.5) is 10.5 Å². The van der Waals surface area contributed by atoms with Gasteiger partial charge in [0.05, 0.1) is 0 Å². The van der Waals surface area contributed by atoms with Gasteiger partial charge in [-0.05, 0) is 62.6 Å². The molecule has 2 fully saturated rings. The molecule has 1 unspecified atom stereocenters. The van der Waals surface area contributed by atoms with Crippen LogP contribution in [0.5, 0.6) is 0 Å². The number of aliphatic hydroxyl groups is 1. The zero-order chi connectivity index (χ0) is 17.6. The van der Waals surface area contributed by atoms with E-state index in [2.05, 4.69) is 35.3 Å². The maximum atomic E-state index is 12.7. The summed E-state index contributed by atoms with van der Waals surface area (Å²) in [6, 6.07) is 6.68. The molecular formula is C20H31N3O2. The lowest BCUT2D eigenvalue weighted by atomic mass is 10.00. The Hall–Kier alpha value is -1.75. The van der Waals surface area contributed by atoms with Crippen LogP contribution < -0.4 is 10.2 Å². The molecule has 2 aliphatic heterocycles. The SMILES string of the molecule is Cc1ccc(CNC(=O)N2CCCCC2CCO)c(N2CCCC2)c1. The van der Waals surface area contributed by atoms with Gasteiger partial charge in [0.1, 0.15) is 0 Å². The van der Waals surface area contributed by atoms with E-state index in [4.69, 9.17) is 0 Å². The third-order valence-electron chi connectivity index (χ3n) is 5.47. The Morgan fingerprint density at radius 2 is 1.96 bits per heavy atom. The Bertz CT molecular complexity index is 582. The molecule has 1 aromatic rings. The third kappa shape index (κ3) is 4.46. The van der Waals surface area contributed by atoms with Gasteiger partial charge in [-0.3, -0.25) is 0 Å². The predicted molar refractivity (Wildman–Crippen MR) is 101 cm³/mol. The van der Waals surface area contributed by atoms with Crippen molar-refractivity contribution in [1.29, 1.82) is 0 Å². The molecule has 138 valence electrons. The first-order valence-electron chi connectivity index (χ1n) is 9.69. The van der Waals surface area contributed by atoms with Gasteiger partial charge in [0.2, 0.25) is 0 Å². The van der Waals surface area contributed by atoms with E-state index in [1.165, 1.54) is 29.7 Å². The minimum Gasteiger partial charge on any atom is -0.396 e. The van der Waals surface area contributed by atoms with Gasteiger partial charge in [0.15, 0.2) is 0 Å². The number of rotatable bonds is 5. The van der Waals surface area contributed by atoms with Crippen LogP contribution >= 0.6 is 0 Å². The maximum Gasteiger partial charge on any atom is 0.317 e. The average Bonchev–Trinajstić information content (AvgIpc) is 3.15. The van der Waals surface area contributed by atoms with Gasteiger partial charge < -0.3 is 20.2 Å². The van der Waals surface area contributed by atoms with Gasteiger partial charge in [-0.25, -0.2) is 4.79 Å². The van der Waals surface area contributed by atoms with Crippen LogP contribution in [0.25, 0.3) is 0 Å². The van der Waals surface area contributed by atoms with Crippen molar-refractivity contribution >= 4 is 11.7 Å². The van der Waals surface area contributed by atoms with Crippen molar-refractivity contribution < 1.29 is 9.90 Å². The largest absolute Gasteiger partial charge is 0.396 e. The van der Waals surface area contributed by atoms with Crippen molar-refractivity contribution in [2.24, 2.45) is 0 Å². The number of urea groups is 1. The Kier molecular flexibility index (Phi) is 6.19. The Morgan fingerprint density at radius 1 is 1.20 bits per heavy atom. The number of piperidine rings is 1. The number of anilines is 1. The molecule has 0 aromatic heterocycles. The van der Waals surface area contributed by atoms with E-state index in [1.807, 2.05) is 4.90 Å². The van der Waals surface area contributed by atoms with Crippen LogP contribution in [0.15, 0.2) is 18.2 Å². The first-order valence-corrected chi connectivity index (χ1v) is 9.69. The number of nitrogens with one attached hydrogen (secondary N) is 1. The van der Waals surface area contributed by atoms with Crippen LogP contribution in [0.3, 0.4) is 0 Å². The monoisotopic (exact) mass is 345 g/mol. The van der Waals surface area contributed by atoms with Gasteiger partial charge in [-0.2, -0.15) is 0 Å². The van der Waals surface area contributed by atoms with Gasteiger partial charge in [-0.15, -0.1) is 0 Å². The van der Waals surface area contributed by atoms with Gasteiger partial charge in [-0.1, -0.05) is 12.1 Å². The smallest absolute Gasteiger partial charge is 0.317 e. The van der Waals surface area contributed by atoms with Crippen molar-refractivity contribution in [3.8, 4) is 0 Å². The number of carbonyl (C=O) groups is 1. The Morgan fingerprint density at radius 3 is 2.72 bits per heavy atom. The van der Waals surface area contributed by atoms with Crippen LogP contribution in [0.2, 0.25) is 0 Å². The summed E-state index contributed by atoms with van der Waals surface area (Å²) in [5.74, 6) is 0. The predicted octanol–water partition coefficient (Wildman–Crippen LogP) is 3.04. The Balaban J connectivity index is 1.65. The van der Waals surface area contributed by atoms with Crippen LogP contribution in [0, 0.1) is 6.92 Å². The maximum absolute atomic E-state index is 12.7. The molecule has 2 amide bonds. The summed E-state index contributed by atoms with van der Waals surface area (Å²) in [6.07, 6.45) is 6.37. The fourth-order valence-electron chi connectivity index (χ4n) is 4.07. The number of hydrogen-bond acceptors (Lipinski definition) is 3. The molecular weight excluding hydrogens is 314 g/mol. The fraction of sp³-hybridized carbons (Fsp3) is 0.650. The Labute approximate surface area is 151 Å². The van der Waals surface area contributed by atoms with Gasteiger partial charge in [0, 0.05) is 44.5 Å². The van der Waals surface area contributed by atoms with Crippen molar-refractivity contribution in [3.63, 3.8) is 0 Å². The molecule has 5 nitrogen and oxygen atoms in total. The van der Waals surface area contributed by atoms with Gasteiger partial charge in [0.25, 0.3) is 0 Å². The van der Waals surface area contributed by atoms with E-state index in [-0.39, 0.29) is 18.7 Å². The molecule has 3 rings (SSSR count). The zero-order valence-corrected chi connectivity index (χ0v) is 15.3. The molecule has 0 aliphatic carbocycles. The highest BCUT2D eigenvalue weighted by atomic mass is 16.3. The molecule has 0 bridgehead atoms. The molecule has 2 aliphatic rings. The minimum atomic E-state index is 0.00565. The summed E-state index contributed by atoms with van der Waals surface area (Å²) in [5.41, 5.74) is 3.72. The minimum absolute atomic E-state index is 0.00565. The average molecular weight is 345 g/mol. The highest BCUT2D eigenvalue weighted by Crippen LogP contribution is 2.26.